The molecule has 1 saturated carbocycles. The first kappa shape index (κ1) is 22.5. The van der Waals surface area contributed by atoms with Crippen LogP contribution in [0.5, 0.6) is 5.75 Å². The van der Waals surface area contributed by atoms with E-state index in [1.807, 2.05) is 13.0 Å². The van der Waals surface area contributed by atoms with Gasteiger partial charge in [0.1, 0.15) is 17.4 Å². The molecule has 0 aliphatic heterocycles. The van der Waals surface area contributed by atoms with Gasteiger partial charge in [-0.1, -0.05) is 12.1 Å². The first-order chi connectivity index (χ1) is 15.8. The van der Waals surface area contributed by atoms with Crippen LogP contribution in [-0.2, 0) is 21.4 Å². The first-order valence-electron chi connectivity index (χ1n) is 10.6. The third-order valence-corrected chi connectivity index (χ3v) is 6.00. The number of pyridine rings is 1. The number of halogens is 1. The molecule has 2 heterocycles. The number of methoxy groups -OCH3 is 1. The zero-order valence-corrected chi connectivity index (χ0v) is 18.7. The van der Waals surface area contributed by atoms with Gasteiger partial charge in [-0.3, -0.25) is 9.78 Å². The number of carbonyl (C=O) groups is 2. The summed E-state index contributed by atoms with van der Waals surface area (Å²) in [6.07, 6.45) is 3.66. The molecule has 0 unspecified atom stereocenters. The minimum absolute atomic E-state index is 0.0157. The molecule has 0 bridgehead atoms. The monoisotopic (exact) mass is 449 g/mol. The van der Waals surface area contributed by atoms with Crippen LogP contribution in [0.4, 0.5) is 4.39 Å². The standard InChI is InChI=1S/C25H24FN3O4/c1-15-23(13-27-16(2)29-15)33-14-25(18-5-4-6-19(26)9-18)11-21(25)22(30)10-20-8-7-17(12-28-20)24(31)32-3/h4-9,12-13,21H,10-11,14H2,1-3H3/t21-,25+/m0/s1. The molecule has 170 valence electrons. The molecule has 0 amide bonds. The highest BCUT2D eigenvalue weighted by Crippen LogP contribution is 2.55. The minimum atomic E-state index is -0.636. The van der Waals surface area contributed by atoms with Gasteiger partial charge in [0.2, 0.25) is 0 Å². The Balaban J connectivity index is 1.53. The van der Waals surface area contributed by atoms with Gasteiger partial charge in [-0.2, -0.15) is 0 Å². The van der Waals surface area contributed by atoms with Crippen molar-refractivity contribution in [1.82, 2.24) is 15.0 Å². The van der Waals surface area contributed by atoms with Crippen molar-refractivity contribution in [3.05, 3.63) is 82.9 Å². The smallest absolute Gasteiger partial charge is 0.339 e. The van der Waals surface area contributed by atoms with E-state index in [-0.39, 0.29) is 30.5 Å². The number of ether oxygens (including phenoxy) is 2. The van der Waals surface area contributed by atoms with Crippen molar-refractivity contribution < 1.29 is 23.5 Å². The van der Waals surface area contributed by atoms with Gasteiger partial charge in [0.25, 0.3) is 0 Å². The van der Waals surface area contributed by atoms with E-state index in [0.29, 0.717) is 34.9 Å². The van der Waals surface area contributed by atoms with E-state index in [1.54, 1.807) is 31.3 Å². The van der Waals surface area contributed by atoms with Crippen LogP contribution < -0.4 is 4.74 Å². The van der Waals surface area contributed by atoms with E-state index in [2.05, 4.69) is 19.7 Å². The highest BCUT2D eigenvalue weighted by atomic mass is 19.1. The van der Waals surface area contributed by atoms with Crippen LogP contribution in [0.25, 0.3) is 0 Å². The highest BCUT2D eigenvalue weighted by Gasteiger charge is 2.59. The van der Waals surface area contributed by atoms with E-state index < -0.39 is 11.4 Å². The van der Waals surface area contributed by atoms with Crippen molar-refractivity contribution in [2.45, 2.75) is 32.1 Å². The van der Waals surface area contributed by atoms with Crippen LogP contribution in [-0.4, -0.2) is 40.4 Å². The fraction of sp³-hybridized carbons (Fsp3) is 0.320. The lowest BCUT2D eigenvalue weighted by molar-refractivity contribution is -0.120. The highest BCUT2D eigenvalue weighted by molar-refractivity contribution is 5.90. The Morgan fingerprint density at radius 1 is 1.15 bits per heavy atom. The number of nitrogens with zero attached hydrogens (tertiary/aromatic N) is 3. The van der Waals surface area contributed by atoms with Crippen molar-refractivity contribution in [3.63, 3.8) is 0 Å². The van der Waals surface area contributed by atoms with Gasteiger partial charge in [-0.25, -0.2) is 19.2 Å². The molecule has 0 N–H and O–H groups in total. The Hall–Kier alpha value is -3.68. The number of aryl methyl sites for hydroxylation is 2. The molecular weight excluding hydrogens is 425 g/mol. The third-order valence-electron chi connectivity index (χ3n) is 6.00. The summed E-state index contributed by atoms with van der Waals surface area (Å²) in [5, 5.41) is 0. The van der Waals surface area contributed by atoms with Gasteiger partial charge in [0.05, 0.1) is 31.2 Å². The lowest BCUT2D eigenvalue weighted by Crippen LogP contribution is -2.25. The molecule has 1 aromatic carbocycles. The number of hydrogen-bond donors (Lipinski definition) is 0. The average molecular weight is 449 g/mol. The number of carbonyl (C=O) groups excluding carboxylic acids is 2. The molecule has 2 atom stereocenters. The normalized spacial score (nSPS) is 19.1. The SMILES string of the molecule is COC(=O)c1ccc(CC(=O)[C@@H]2C[C@@]2(COc2cnc(C)nc2C)c2cccc(F)c2)nc1. The van der Waals surface area contributed by atoms with Crippen LogP contribution in [0.15, 0.2) is 48.8 Å². The second kappa shape index (κ2) is 9.05. The summed E-state index contributed by atoms with van der Waals surface area (Å²) < 4.78 is 24.7. The predicted octanol–water partition coefficient (Wildman–Crippen LogP) is 3.56. The maximum absolute atomic E-state index is 14.0. The van der Waals surface area contributed by atoms with Gasteiger partial charge in [0.15, 0.2) is 5.75 Å². The summed E-state index contributed by atoms with van der Waals surface area (Å²) in [7, 11) is 1.30. The molecule has 0 spiro atoms. The van der Waals surface area contributed by atoms with Gasteiger partial charge < -0.3 is 9.47 Å². The van der Waals surface area contributed by atoms with E-state index in [0.717, 1.165) is 5.56 Å². The molecule has 1 aliphatic carbocycles. The molecule has 3 aromatic rings. The lowest BCUT2D eigenvalue weighted by atomic mass is 9.91. The molecule has 33 heavy (non-hydrogen) atoms. The van der Waals surface area contributed by atoms with Crippen LogP contribution in [0.3, 0.4) is 0 Å². The van der Waals surface area contributed by atoms with Gasteiger partial charge >= 0.3 is 5.97 Å². The first-order valence-corrected chi connectivity index (χ1v) is 10.6. The summed E-state index contributed by atoms with van der Waals surface area (Å²) in [6.45, 7) is 3.83. The second-order valence-corrected chi connectivity index (χ2v) is 8.25. The quantitative estimate of drug-likeness (QED) is 0.486. The van der Waals surface area contributed by atoms with Gasteiger partial charge in [0, 0.05) is 29.6 Å². The Morgan fingerprint density at radius 3 is 2.64 bits per heavy atom. The molecule has 1 aliphatic rings. The number of Topliss-reactive ketones (excluding diaryl/α,β-unsaturated/α-hetero) is 1. The Bertz CT molecular complexity index is 1200. The number of aromatic nitrogens is 3. The van der Waals surface area contributed by atoms with Crippen LogP contribution in [0.2, 0.25) is 0 Å². The molecule has 1 fully saturated rings. The van der Waals surface area contributed by atoms with Crippen molar-refractivity contribution in [2.24, 2.45) is 5.92 Å². The summed E-state index contributed by atoms with van der Waals surface area (Å²) in [5.74, 6) is -0.0225. The average Bonchev–Trinajstić information content (AvgIpc) is 3.54. The summed E-state index contributed by atoms with van der Waals surface area (Å²) >= 11 is 0. The lowest BCUT2D eigenvalue weighted by Gasteiger charge is -2.19. The van der Waals surface area contributed by atoms with Crippen molar-refractivity contribution in [2.75, 3.05) is 13.7 Å². The number of hydrogen-bond acceptors (Lipinski definition) is 7. The Kier molecular flexibility index (Phi) is 6.18. The topological polar surface area (TPSA) is 91.3 Å². The third kappa shape index (κ3) is 4.74. The maximum atomic E-state index is 14.0. The van der Waals surface area contributed by atoms with Crippen molar-refractivity contribution in [1.29, 1.82) is 0 Å². The number of ketones is 1. The Labute approximate surface area is 191 Å². The number of rotatable bonds is 8. The summed E-state index contributed by atoms with van der Waals surface area (Å²) in [6, 6.07) is 9.51. The minimum Gasteiger partial charge on any atom is -0.489 e. The van der Waals surface area contributed by atoms with Crippen LogP contribution in [0, 0.1) is 25.6 Å². The van der Waals surface area contributed by atoms with E-state index in [4.69, 9.17) is 4.74 Å². The van der Waals surface area contributed by atoms with Crippen LogP contribution >= 0.6 is 0 Å². The molecule has 8 heteroatoms. The maximum Gasteiger partial charge on any atom is 0.339 e. The zero-order valence-electron chi connectivity index (χ0n) is 18.7. The fourth-order valence-electron chi connectivity index (χ4n) is 4.08. The van der Waals surface area contributed by atoms with Crippen LogP contribution in [0.1, 0.15) is 39.6 Å². The summed E-state index contributed by atoms with van der Waals surface area (Å²) in [4.78, 5) is 37.4. The predicted molar refractivity (Wildman–Crippen MR) is 117 cm³/mol. The van der Waals surface area contributed by atoms with Gasteiger partial charge in [-0.05, 0) is 50.1 Å². The number of esters is 1. The molecule has 4 rings (SSSR count). The largest absolute Gasteiger partial charge is 0.489 e. The number of benzene rings is 1. The molecule has 0 radical (unpaired) electrons. The zero-order chi connectivity index (χ0) is 23.6. The molecule has 0 saturated heterocycles. The van der Waals surface area contributed by atoms with E-state index in [1.165, 1.54) is 25.4 Å². The van der Waals surface area contributed by atoms with Crippen molar-refractivity contribution >= 4 is 11.8 Å². The van der Waals surface area contributed by atoms with Crippen molar-refractivity contribution in [3.8, 4) is 5.75 Å². The fourth-order valence-corrected chi connectivity index (χ4v) is 4.08. The molecule has 2 aromatic heterocycles. The molecule has 7 nitrogen and oxygen atoms in total. The van der Waals surface area contributed by atoms with E-state index in [9.17, 15) is 14.0 Å². The second-order valence-electron chi connectivity index (χ2n) is 8.25. The molecular formula is C25H24FN3O4. The summed E-state index contributed by atoms with van der Waals surface area (Å²) in [5.41, 5.74) is 1.66. The Morgan fingerprint density at radius 2 is 1.97 bits per heavy atom. The van der Waals surface area contributed by atoms with Gasteiger partial charge in [-0.15, -0.1) is 0 Å². The van der Waals surface area contributed by atoms with E-state index >= 15 is 0 Å².